The zero-order valence-electron chi connectivity index (χ0n) is 12.4. The topological polar surface area (TPSA) is 63.4 Å². The van der Waals surface area contributed by atoms with Crippen molar-refractivity contribution in [3.8, 4) is 11.3 Å². The summed E-state index contributed by atoms with van der Waals surface area (Å²) in [7, 11) is -3.89. The molecule has 0 amide bonds. The summed E-state index contributed by atoms with van der Waals surface area (Å²) in [6.45, 7) is 0.953. The molecule has 0 aliphatic carbocycles. The van der Waals surface area contributed by atoms with E-state index in [0.29, 0.717) is 11.3 Å². The normalized spacial score (nSPS) is 22.1. The minimum absolute atomic E-state index is 0.0363. The van der Waals surface area contributed by atoms with Crippen LogP contribution >= 0.6 is 0 Å². The van der Waals surface area contributed by atoms with Crippen molar-refractivity contribution in [2.75, 3.05) is 13.1 Å². The second-order valence-corrected chi connectivity index (χ2v) is 7.55. The lowest BCUT2D eigenvalue weighted by atomic mass is 9.97. The number of rotatable bonds is 3. The lowest BCUT2D eigenvalue weighted by molar-refractivity contribution is -0.0853. The van der Waals surface area contributed by atoms with Crippen LogP contribution in [0.2, 0.25) is 0 Å². The van der Waals surface area contributed by atoms with E-state index in [9.17, 15) is 17.2 Å². The molecule has 1 aliphatic rings. The summed E-state index contributed by atoms with van der Waals surface area (Å²) in [5, 5.41) is 3.58. The number of nitrogens with zero attached hydrogens (tertiary/aromatic N) is 2. The van der Waals surface area contributed by atoms with Crippen LogP contribution in [0.5, 0.6) is 0 Å². The highest BCUT2D eigenvalue weighted by atomic mass is 32.2. The molecule has 3 rings (SSSR count). The molecule has 8 heteroatoms. The van der Waals surface area contributed by atoms with E-state index in [1.807, 2.05) is 0 Å². The third-order valence-electron chi connectivity index (χ3n) is 4.10. The number of hydrogen-bond acceptors (Lipinski definition) is 4. The summed E-state index contributed by atoms with van der Waals surface area (Å²) in [6.07, 6.45) is 0.945. The first-order valence-corrected chi connectivity index (χ1v) is 8.64. The second kappa shape index (κ2) is 5.68. The maximum Gasteiger partial charge on any atom is 0.253 e. The van der Waals surface area contributed by atoms with Crippen LogP contribution in [0.1, 0.15) is 13.3 Å². The van der Waals surface area contributed by atoms with E-state index >= 15 is 0 Å². The average molecular weight is 342 g/mol. The van der Waals surface area contributed by atoms with E-state index in [4.69, 9.17) is 4.52 Å². The van der Waals surface area contributed by atoms with E-state index in [1.165, 1.54) is 19.2 Å². The molecular formula is C15H16F2N2O3S. The highest BCUT2D eigenvalue weighted by molar-refractivity contribution is 7.89. The van der Waals surface area contributed by atoms with Gasteiger partial charge in [-0.25, -0.2) is 17.2 Å². The van der Waals surface area contributed by atoms with Gasteiger partial charge in [0.1, 0.15) is 0 Å². The lowest BCUT2D eigenvalue weighted by Gasteiger charge is -2.36. The van der Waals surface area contributed by atoms with Gasteiger partial charge in [0.25, 0.3) is 5.92 Å². The van der Waals surface area contributed by atoms with Crippen LogP contribution < -0.4 is 0 Å². The molecule has 1 aliphatic heterocycles. The third kappa shape index (κ3) is 2.88. The van der Waals surface area contributed by atoms with Crippen molar-refractivity contribution >= 4 is 10.0 Å². The maximum absolute atomic E-state index is 13.6. The van der Waals surface area contributed by atoms with Crippen LogP contribution in [0.3, 0.4) is 0 Å². The maximum atomic E-state index is 13.6. The summed E-state index contributed by atoms with van der Waals surface area (Å²) < 4.78 is 59.2. The molecule has 1 atom stereocenters. The minimum atomic E-state index is -3.89. The van der Waals surface area contributed by atoms with Gasteiger partial charge < -0.3 is 4.52 Å². The molecule has 1 fully saturated rings. The van der Waals surface area contributed by atoms with Crippen LogP contribution in [-0.4, -0.2) is 36.9 Å². The molecule has 0 N–H and O–H groups in total. The van der Waals surface area contributed by atoms with E-state index in [1.54, 1.807) is 24.3 Å². The van der Waals surface area contributed by atoms with E-state index in [2.05, 4.69) is 5.16 Å². The van der Waals surface area contributed by atoms with Gasteiger partial charge in [-0.1, -0.05) is 24.2 Å². The zero-order chi connectivity index (χ0) is 16.7. The predicted molar refractivity (Wildman–Crippen MR) is 79.4 cm³/mol. The van der Waals surface area contributed by atoms with Crippen molar-refractivity contribution in [3.63, 3.8) is 0 Å². The second-order valence-electron chi connectivity index (χ2n) is 5.65. The Labute approximate surface area is 132 Å². The summed E-state index contributed by atoms with van der Waals surface area (Å²) in [5.74, 6) is -3.54. The molecule has 0 spiro atoms. The smallest absolute Gasteiger partial charge is 0.253 e. The molecule has 124 valence electrons. The van der Waals surface area contributed by atoms with Crippen LogP contribution in [-0.2, 0) is 10.0 Å². The molecule has 0 saturated carbocycles. The van der Waals surface area contributed by atoms with Crippen molar-refractivity contribution in [3.05, 3.63) is 36.5 Å². The first kappa shape index (κ1) is 16.1. The Hall–Kier alpha value is -1.80. The lowest BCUT2D eigenvalue weighted by Crippen LogP contribution is -2.48. The van der Waals surface area contributed by atoms with Crippen molar-refractivity contribution < 1.29 is 21.7 Å². The van der Waals surface area contributed by atoms with E-state index in [-0.39, 0.29) is 18.0 Å². The summed E-state index contributed by atoms with van der Waals surface area (Å²) in [6, 6.07) is 7.89. The van der Waals surface area contributed by atoms with Gasteiger partial charge in [-0.2, -0.15) is 4.31 Å². The monoisotopic (exact) mass is 342 g/mol. The highest BCUT2D eigenvalue weighted by Crippen LogP contribution is 2.36. The first-order valence-electron chi connectivity index (χ1n) is 7.20. The standard InChI is InChI=1S/C15H16F2N2O3S/c1-11-10-19(9-7-15(11,16)17)23(20,21)14-5-3-2-4-12(14)13-6-8-18-22-13/h2-6,8,11H,7,9-10H2,1H3. The summed E-state index contributed by atoms with van der Waals surface area (Å²) >= 11 is 0. The van der Waals surface area contributed by atoms with Crippen LogP contribution in [0, 0.1) is 5.92 Å². The minimum Gasteiger partial charge on any atom is -0.356 e. The molecule has 2 aromatic rings. The molecule has 23 heavy (non-hydrogen) atoms. The largest absolute Gasteiger partial charge is 0.356 e. The van der Waals surface area contributed by atoms with E-state index < -0.39 is 28.3 Å². The molecule has 0 radical (unpaired) electrons. The van der Waals surface area contributed by atoms with Crippen molar-refractivity contribution in [1.29, 1.82) is 0 Å². The molecule has 1 aromatic heterocycles. The highest BCUT2D eigenvalue weighted by Gasteiger charge is 2.44. The number of aromatic nitrogens is 1. The summed E-state index contributed by atoms with van der Waals surface area (Å²) in [4.78, 5) is 0.0363. The first-order chi connectivity index (χ1) is 10.8. The van der Waals surface area contributed by atoms with Gasteiger partial charge in [0, 0.05) is 37.1 Å². The number of benzene rings is 1. The molecule has 5 nitrogen and oxygen atoms in total. The van der Waals surface area contributed by atoms with Gasteiger partial charge >= 0.3 is 0 Å². The Bertz CT molecular complexity index is 791. The van der Waals surface area contributed by atoms with Crippen LogP contribution in [0.4, 0.5) is 8.78 Å². The van der Waals surface area contributed by atoms with Gasteiger partial charge in [-0.15, -0.1) is 0 Å². The summed E-state index contributed by atoms with van der Waals surface area (Å²) in [5.41, 5.74) is 0.370. The Kier molecular flexibility index (Phi) is 3.97. The molecular weight excluding hydrogens is 326 g/mol. The Morgan fingerprint density at radius 1 is 1.30 bits per heavy atom. The quantitative estimate of drug-likeness (QED) is 0.860. The SMILES string of the molecule is CC1CN(S(=O)(=O)c2ccccc2-c2ccno2)CCC1(F)F. The van der Waals surface area contributed by atoms with Gasteiger partial charge in [0.2, 0.25) is 10.0 Å². The number of piperidine rings is 1. The molecule has 1 unspecified atom stereocenters. The number of halogens is 2. The van der Waals surface area contributed by atoms with Crippen molar-refractivity contribution in [2.45, 2.75) is 24.2 Å². The van der Waals surface area contributed by atoms with Gasteiger partial charge in [0.15, 0.2) is 5.76 Å². The van der Waals surface area contributed by atoms with Crippen LogP contribution in [0.15, 0.2) is 45.9 Å². The Morgan fingerprint density at radius 3 is 2.70 bits per heavy atom. The zero-order valence-corrected chi connectivity index (χ0v) is 13.3. The van der Waals surface area contributed by atoms with Crippen molar-refractivity contribution in [1.82, 2.24) is 9.46 Å². The van der Waals surface area contributed by atoms with Gasteiger partial charge in [-0.05, 0) is 12.1 Å². The predicted octanol–water partition coefficient (Wildman–Crippen LogP) is 3.01. The van der Waals surface area contributed by atoms with Gasteiger partial charge in [0.05, 0.1) is 11.1 Å². The van der Waals surface area contributed by atoms with Crippen LogP contribution in [0.25, 0.3) is 11.3 Å². The van der Waals surface area contributed by atoms with E-state index in [0.717, 1.165) is 4.31 Å². The van der Waals surface area contributed by atoms with Gasteiger partial charge in [-0.3, -0.25) is 0 Å². The fourth-order valence-corrected chi connectivity index (χ4v) is 4.38. The number of alkyl halides is 2. The average Bonchev–Trinajstić information content (AvgIpc) is 3.04. The molecule has 1 aromatic carbocycles. The molecule has 2 heterocycles. The fraction of sp³-hybridized carbons (Fsp3) is 0.400. The fourth-order valence-electron chi connectivity index (χ4n) is 2.66. The Morgan fingerprint density at radius 2 is 2.04 bits per heavy atom. The Balaban J connectivity index is 1.99. The third-order valence-corrected chi connectivity index (χ3v) is 6.02. The molecule has 1 saturated heterocycles. The van der Waals surface area contributed by atoms with Crippen molar-refractivity contribution in [2.24, 2.45) is 5.92 Å². The molecule has 0 bridgehead atoms. The number of hydrogen-bond donors (Lipinski definition) is 0. The number of sulfonamides is 1.